The normalized spacial score (nSPS) is 19.7. The smallest absolute Gasteiger partial charge is 0.190 e. The molecule has 5 aliphatic rings. The molecule has 20 rings (SSSR count). The van der Waals surface area contributed by atoms with Crippen LogP contribution < -0.4 is 0 Å². The Labute approximate surface area is 818 Å². The summed E-state index contributed by atoms with van der Waals surface area (Å²) in [6.07, 6.45) is 24.9. The molecule has 5 fully saturated rings. The Morgan fingerprint density at radius 2 is 0.450 bits per heavy atom. The quantitative estimate of drug-likeness (QED) is 0.0683. The van der Waals surface area contributed by atoms with Crippen LogP contribution in [0.1, 0.15) is 225 Å². The Hall–Kier alpha value is -13.1. The molecule has 0 saturated heterocycles. The molecule has 0 amide bonds. The second-order valence-corrected chi connectivity index (χ2v) is 39.6. The van der Waals surface area contributed by atoms with Crippen molar-refractivity contribution in [2.75, 3.05) is 0 Å². The molecule has 15 nitrogen and oxygen atoms in total. The minimum absolute atomic E-state index is 0.0422. The summed E-state index contributed by atoms with van der Waals surface area (Å²) >= 11 is 6.51. The van der Waals surface area contributed by atoms with Gasteiger partial charge < -0.3 is 48.4 Å². The fourth-order valence-corrected chi connectivity index (χ4v) is 21.9. The second kappa shape index (κ2) is 41.8. The summed E-state index contributed by atoms with van der Waals surface area (Å²) in [6.45, 7) is 59.7. The van der Waals surface area contributed by atoms with Crippen LogP contribution in [-0.4, -0.2) is 78.9 Å². The fraction of sp³-hybridized carbons (Fsp3) is 0.359. The van der Waals surface area contributed by atoms with Crippen molar-refractivity contribution >= 4 is 94.6 Å². The molecule has 0 aliphatic heterocycles. The lowest BCUT2D eigenvalue weighted by molar-refractivity contribution is 0.111. The van der Waals surface area contributed by atoms with Crippen molar-refractivity contribution in [3.8, 4) is 55.6 Å². The summed E-state index contributed by atoms with van der Waals surface area (Å²) < 4.78 is 114. The average Bonchev–Trinajstić information content (AvgIpc) is 1.62. The molecule has 0 unspecified atom stereocenters. The summed E-state index contributed by atoms with van der Waals surface area (Å²) in [6, 6.07) is 35.7. The molecule has 23 heteroatoms. The number of benzene rings is 10. The number of aliphatic hydroxyl groups excluding tert-OH is 5. The Morgan fingerprint density at radius 3 is 0.693 bits per heavy atom. The molecule has 5 heterocycles. The van der Waals surface area contributed by atoms with Crippen molar-refractivity contribution in [3.63, 3.8) is 0 Å². The monoisotopic (exact) mass is 1910 g/mol. The van der Waals surface area contributed by atoms with Crippen LogP contribution in [0.25, 0.3) is 134 Å². The maximum absolute atomic E-state index is 14.9. The third kappa shape index (κ3) is 19.7. The Morgan fingerprint density at radius 1 is 0.243 bits per heavy atom. The van der Waals surface area contributed by atoms with Crippen LogP contribution in [0.5, 0.6) is 0 Å². The Kier molecular flexibility index (Phi) is 29.8. The molecule has 5 saturated carbocycles. The molecular weight excluding hydrogens is 1790 g/mol. The van der Waals surface area contributed by atoms with E-state index in [2.05, 4.69) is 83.9 Å². The van der Waals surface area contributed by atoms with Gasteiger partial charge in [0.15, 0.2) is 28.4 Å². The lowest BCUT2D eigenvalue weighted by Gasteiger charge is -2.27. The first kappa shape index (κ1) is 99.9. The molecule has 0 atom stereocenters. The predicted molar refractivity (Wildman–Crippen MR) is 547 cm³/mol. The first-order chi connectivity index (χ1) is 67.0. The molecule has 5 aliphatic carbocycles. The molecule has 15 aromatic rings. The summed E-state index contributed by atoms with van der Waals surface area (Å²) in [7, 11) is 0. The van der Waals surface area contributed by atoms with E-state index in [1.165, 1.54) is 42.5 Å². The topological polar surface area (TPSA) is 148 Å². The van der Waals surface area contributed by atoms with Gasteiger partial charge in [-0.1, -0.05) is 35.9 Å². The average molecular weight is 1910 g/mol. The number of aliphatic hydroxyl groups is 5. The van der Waals surface area contributed by atoms with E-state index in [1.54, 1.807) is 39.0 Å². The first-order valence-corrected chi connectivity index (χ1v) is 48.8. The van der Waals surface area contributed by atoms with E-state index in [1.807, 2.05) is 117 Å². The van der Waals surface area contributed by atoms with Gasteiger partial charge >= 0.3 is 0 Å². The van der Waals surface area contributed by atoms with Crippen LogP contribution in [0.2, 0.25) is 5.02 Å². The third-order valence-electron chi connectivity index (χ3n) is 30.3. The van der Waals surface area contributed by atoms with Gasteiger partial charge in [-0.25, -0.2) is 55.0 Å². The van der Waals surface area contributed by atoms with Gasteiger partial charge in [0.2, 0.25) is 0 Å². The largest absolute Gasteiger partial charge is 0.393 e. The lowest BCUT2D eigenvalue weighted by Crippen LogP contribution is -2.20. The van der Waals surface area contributed by atoms with Crippen molar-refractivity contribution in [1.29, 1.82) is 0 Å². The molecule has 0 radical (unpaired) electrons. The van der Waals surface area contributed by atoms with E-state index in [-0.39, 0.29) is 89.3 Å². The molecule has 0 bridgehead atoms. The molecule has 0 spiro atoms. The summed E-state index contributed by atoms with van der Waals surface area (Å²) in [5.74, 6) is -3.13. The minimum Gasteiger partial charge on any atom is -0.393 e. The van der Waals surface area contributed by atoms with E-state index in [0.29, 0.717) is 109 Å². The molecule has 5 aromatic heterocycles. The third-order valence-corrected chi connectivity index (χ3v) is 30.8. The maximum atomic E-state index is 14.9. The number of aromatic nitrogens is 5. The zero-order valence-electron chi connectivity index (χ0n) is 81.1. The molecule has 10 aromatic carbocycles. The number of rotatable bonds is 10. The number of fused-ring (bicyclic) bond motifs is 5. The number of hydrogen-bond acceptors (Lipinski definition) is 5. The first-order valence-electron chi connectivity index (χ1n) is 48.4. The zero-order chi connectivity index (χ0) is 100.0. The highest BCUT2D eigenvalue weighted by molar-refractivity contribution is 6.34. The van der Waals surface area contributed by atoms with E-state index in [0.717, 1.165) is 219 Å². The van der Waals surface area contributed by atoms with Gasteiger partial charge in [0.1, 0.15) is 40.7 Å². The van der Waals surface area contributed by atoms with Crippen molar-refractivity contribution in [2.24, 2.45) is 0 Å². The van der Waals surface area contributed by atoms with Crippen molar-refractivity contribution < 1.29 is 56.3 Å². The molecule has 720 valence electrons. The van der Waals surface area contributed by atoms with Crippen LogP contribution in [-0.2, 0) is 0 Å². The number of nitrogens with zero attached hydrogens (tertiary/aromatic N) is 10. The molecule has 140 heavy (non-hydrogen) atoms. The van der Waals surface area contributed by atoms with Gasteiger partial charge in [-0.2, -0.15) is 0 Å². The van der Waals surface area contributed by atoms with E-state index < -0.39 is 23.3 Å². The summed E-state index contributed by atoms with van der Waals surface area (Å²) in [5.41, 5.74) is 22.9. The van der Waals surface area contributed by atoms with Crippen LogP contribution in [0.3, 0.4) is 0 Å². The highest BCUT2D eigenvalue weighted by atomic mass is 35.5. The maximum Gasteiger partial charge on any atom is 0.190 e. The minimum atomic E-state index is -0.605. The molecular formula is C117H116ClF7N10O5. The Bertz CT molecular complexity index is 6860. The van der Waals surface area contributed by atoms with E-state index in [9.17, 15) is 56.3 Å². The second-order valence-electron chi connectivity index (χ2n) is 39.3. The van der Waals surface area contributed by atoms with Crippen LogP contribution in [0.4, 0.5) is 59.2 Å². The summed E-state index contributed by atoms with van der Waals surface area (Å²) in [4.78, 5) is 18.1. The standard InChI is InChI=1S/2C24H25FN2O.C23H22ClFN2O.2C23H22F2N2O/c2*1-14-5-10-21(25)24(16(14)3)20-13-27(17-6-8-18(28)9-7-17)23-11-15(2)22(26-4)12-19(20)23;1-13-10-22-18(11-21(13)26-3)19(17-8-9-20(25)14(2)23(17)24)12-27(22)15-4-6-16(28)7-5-15;2*1-13-4-9-19(24)22(23(13)25)18-12-27(15-5-7-16(28)8-6-15)21-10-14(2)20(26-3)11-17(18)21/h2*5,10-13,17-18,28H,6-9H2,1-3H3;8-12,15-16,28H,4-7H2,1-2H3;2*4,9-12,15-16,28H,5-8H2,1-2H3. The van der Waals surface area contributed by atoms with Gasteiger partial charge in [-0.05, 0) is 397 Å². The highest BCUT2D eigenvalue weighted by Gasteiger charge is 2.34. The van der Waals surface area contributed by atoms with Crippen LogP contribution in [0, 0.1) is 157 Å². The highest BCUT2D eigenvalue weighted by Crippen LogP contribution is 2.50. The summed E-state index contributed by atoms with van der Waals surface area (Å²) in [5, 5.41) is 53.9. The van der Waals surface area contributed by atoms with E-state index >= 15 is 0 Å². The Balaban J connectivity index is 0.000000126. The van der Waals surface area contributed by atoms with Gasteiger partial charge in [0.05, 0.1) is 79.5 Å². The fourth-order valence-electron chi connectivity index (χ4n) is 21.7. The molecule has 5 N–H and O–H groups in total. The number of halogens is 8. The van der Waals surface area contributed by atoms with E-state index in [4.69, 9.17) is 44.5 Å². The van der Waals surface area contributed by atoms with Gasteiger partial charge in [0, 0.05) is 139 Å². The van der Waals surface area contributed by atoms with Crippen molar-refractivity contribution in [3.05, 3.63) is 322 Å². The SMILES string of the molecule is [C-]#[N+]c1cc2c(-c3c(F)ccc(C)c3C)cn(C3CCC(O)CC3)c2cc1C.[C-]#[N+]c1cc2c(-c3c(F)ccc(C)c3C)cn(C3CCC(O)CC3)c2cc1C.[C-]#[N+]c1cc2c(-c3c(F)ccc(C)c3F)cn(C3CCC(O)CC3)c2cc1C.[C-]#[N+]c1cc2c(-c3c(F)ccc(C)c3F)cn(C3CCC(O)CC3)c2cc1C.[C-]#[N+]c1cc2c(-c3ccc(F)c(C)c3Cl)cn(C3CCC(O)CC3)c2cc1C. The van der Waals surface area contributed by atoms with Crippen LogP contribution in [0.15, 0.2) is 152 Å². The van der Waals surface area contributed by atoms with Crippen molar-refractivity contribution in [1.82, 2.24) is 22.8 Å². The zero-order valence-corrected chi connectivity index (χ0v) is 81.8. The van der Waals surface area contributed by atoms with Gasteiger partial charge in [-0.15, -0.1) is 0 Å². The van der Waals surface area contributed by atoms with Gasteiger partial charge in [0.25, 0.3) is 0 Å². The van der Waals surface area contributed by atoms with Gasteiger partial charge in [-0.3, -0.25) is 0 Å². The number of hydrogen-bond donors (Lipinski definition) is 5. The lowest BCUT2D eigenvalue weighted by atomic mass is 9.93. The number of aryl methyl sites for hydroxylation is 9. The van der Waals surface area contributed by atoms with Crippen LogP contribution >= 0.6 is 11.6 Å². The predicted octanol–water partition coefficient (Wildman–Crippen LogP) is 32.0. The van der Waals surface area contributed by atoms with Crippen molar-refractivity contribution in [2.45, 2.75) is 272 Å².